The minimum atomic E-state index is 0.0934. The molecule has 94 valence electrons. The largest absolute Gasteiger partial charge is 0.326 e. The molecule has 0 radical (unpaired) electrons. The summed E-state index contributed by atoms with van der Waals surface area (Å²) in [6.45, 7) is 1.81. The minimum Gasteiger partial charge on any atom is -0.326 e. The summed E-state index contributed by atoms with van der Waals surface area (Å²) in [7, 11) is 0. The minimum absolute atomic E-state index is 0.0934. The van der Waals surface area contributed by atoms with E-state index in [0.29, 0.717) is 0 Å². The number of anilines is 1. The summed E-state index contributed by atoms with van der Waals surface area (Å²) in [6, 6.07) is 5.85. The van der Waals surface area contributed by atoms with Crippen LogP contribution in [-0.4, -0.2) is 24.0 Å². The predicted molar refractivity (Wildman–Crippen MR) is 73.8 cm³/mol. The van der Waals surface area contributed by atoms with Gasteiger partial charge in [0.15, 0.2) is 0 Å². The first-order valence-corrected chi connectivity index (χ1v) is 7.06. The Kier molecular flexibility index (Phi) is 3.25. The molecule has 0 spiro atoms. The molecule has 2 heterocycles. The van der Waals surface area contributed by atoms with Crippen LogP contribution in [0.25, 0.3) is 10.2 Å². The fourth-order valence-corrected chi connectivity index (χ4v) is 2.97. The van der Waals surface area contributed by atoms with Gasteiger partial charge in [0.1, 0.15) is 0 Å². The van der Waals surface area contributed by atoms with Crippen molar-refractivity contribution >= 4 is 33.1 Å². The lowest BCUT2D eigenvalue weighted by molar-refractivity contribution is -0.120. The second kappa shape index (κ2) is 5.04. The molecule has 4 nitrogen and oxygen atoms in total. The van der Waals surface area contributed by atoms with E-state index in [1.807, 2.05) is 23.7 Å². The van der Waals surface area contributed by atoms with Crippen molar-refractivity contribution in [2.24, 2.45) is 5.92 Å². The van der Waals surface area contributed by atoms with Gasteiger partial charge in [0.05, 0.1) is 21.6 Å². The van der Waals surface area contributed by atoms with Crippen molar-refractivity contribution in [2.75, 3.05) is 18.4 Å². The number of hydrogen-bond acceptors (Lipinski definition) is 4. The molecule has 3 rings (SSSR count). The Morgan fingerprint density at radius 2 is 2.44 bits per heavy atom. The molecule has 0 aliphatic carbocycles. The number of nitrogens with zero attached hydrogens (tertiary/aromatic N) is 1. The monoisotopic (exact) mass is 261 g/mol. The van der Waals surface area contributed by atoms with Gasteiger partial charge in [-0.1, -0.05) is 0 Å². The number of hydrogen-bond donors (Lipinski definition) is 2. The second-order valence-electron chi connectivity index (χ2n) is 4.57. The van der Waals surface area contributed by atoms with Gasteiger partial charge in [-0.25, -0.2) is 4.98 Å². The van der Waals surface area contributed by atoms with Crippen molar-refractivity contribution in [2.45, 2.75) is 12.8 Å². The molecule has 2 aromatic rings. The van der Waals surface area contributed by atoms with Gasteiger partial charge in [0.25, 0.3) is 0 Å². The van der Waals surface area contributed by atoms with Crippen LogP contribution < -0.4 is 10.6 Å². The van der Waals surface area contributed by atoms with E-state index in [2.05, 4.69) is 15.6 Å². The smallest absolute Gasteiger partial charge is 0.228 e. The van der Waals surface area contributed by atoms with Crippen LogP contribution in [0.2, 0.25) is 0 Å². The van der Waals surface area contributed by atoms with E-state index in [-0.39, 0.29) is 11.8 Å². The van der Waals surface area contributed by atoms with E-state index in [9.17, 15) is 4.79 Å². The van der Waals surface area contributed by atoms with Crippen LogP contribution in [0.3, 0.4) is 0 Å². The lowest BCUT2D eigenvalue weighted by Gasteiger charge is -2.21. The molecule has 1 atom stereocenters. The van der Waals surface area contributed by atoms with Crippen LogP contribution in [0.15, 0.2) is 23.7 Å². The van der Waals surface area contributed by atoms with Gasteiger partial charge in [0.2, 0.25) is 5.91 Å². The van der Waals surface area contributed by atoms with Crippen LogP contribution in [0.4, 0.5) is 5.69 Å². The third-order valence-electron chi connectivity index (χ3n) is 3.27. The molecule has 1 aliphatic heterocycles. The maximum atomic E-state index is 12.1. The number of aromatic nitrogens is 1. The Bertz CT molecular complexity index is 560. The number of piperidine rings is 1. The van der Waals surface area contributed by atoms with Gasteiger partial charge >= 0.3 is 0 Å². The molecule has 1 aromatic heterocycles. The first kappa shape index (κ1) is 11.6. The van der Waals surface area contributed by atoms with Crippen molar-refractivity contribution in [3.63, 3.8) is 0 Å². The average Bonchev–Trinajstić information content (AvgIpc) is 2.87. The SMILES string of the molecule is O=C(Nc1ccc2ncsc2c1)[C@H]1CCCNC1. The highest BCUT2D eigenvalue weighted by molar-refractivity contribution is 7.16. The molecule has 1 fully saturated rings. The lowest BCUT2D eigenvalue weighted by atomic mass is 9.99. The first-order valence-electron chi connectivity index (χ1n) is 6.18. The predicted octanol–water partition coefficient (Wildman–Crippen LogP) is 2.23. The highest BCUT2D eigenvalue weighted by Crippen LogP contribution is 2.22. The topological polar surface area (TPSA) is 54.0 Å². The molecule has 2 N–H and O–H groups in total. The zero-order chi connectivity index (χ0) is 12.4. The number of nitrogens with one attached hydrogen (secondary N) is 2. The van der Waals surface area contributed by atoms with Gasteiger partial charge in [-0.15, -0.1) is 11.3 Å². The zero-order valence-corrected chi connectivity index (χ0v) is 10.8. The van der Waals surface area contributed by atoms with Crippen LogP contribution in [-0.2, 0) is 4.79 Å². The fraction of sp³-hybridized carbons (Fsp3) is 0.385. The Labute approximate surface area is 109 Å². The van der Waals surface area contributed by atoms with Crippen LogP contribution in [0, 0.1) is 5.92 Å². The maximum absolute atomic E-state index is 12.1. The number of thiazole rings is 1. The molecule has 1 saturated heterocycles. The van der Waals surface area contributed by atoms with E-state index in [1.165, 1.54) is 0 Å². The Balaban J connectivity index is 1.72. The Hall–Kier alpha value is -1.46. The second-order valence-corrected chi connectivity index (χ2v) is 5.45. The highest BCUT2D eigenvalue weighted by atomic mass is 32.1. The summed E-state index contributed by atoms with van der Waals surface area (Å²) in [5.41, 5.74) is 3.67. The maximum Gasteiger partial charge on any atom is 0.228 e. The molecule has 5 heteroatoms. The summed E-state index contributed by atoms with van der Waals surface area (Å²) in [6.07, 6.45) is 2.05. The van der Waals surface area contributed by atoms with Crippen molar-refractivity contribution in [1.29, 1.82) is 0 Å². The van der Waals surface area contributed by atoms with Gasteiger partial charge in [-0.05, 0) is 37.6 Å². The fourth-order valence-electron chi connectivity index (χ4n) is 2.25. The van der Waals surface area contributed by atoms with E-state index < -0.39 is 0 Å². The average molecular weight is 261 g/mol. The number of amides is 1. The number of carbonyl (C=O) groups excluding carboxylic acids is 1. The third-order valence-corrected chi connectivity index (χ3v) is 4.06. The molecular formula is C13H15N3OS. The van der Waals surface area contributed by atoms with E-state index in [4.69, 9.17) is 0 Å². The van der Waals surface area contributed by atoms with Crippen molar-refractivity contribution in [3.05, 3.63) is 23.7 Å². The van der Waals surface area contributed by atoms with Gasteiger partial charge in [-0.2, -0.15) is 0 Å². The molecule has 18 heavy (non-hydrogen) atoms. The summed E-state index contributed by atoms with van der Waals surface area (Å²) in [5, 5.41) is 6.25. The highest BCUT2D eigenvalue weighted by Gasteiger charge is 2.20. The third kappa shape index (κ3) is 2.37. The van der Waals surface area contributed by atoms with Gasteiger partial charge < -0.3 is 10.6 Å². The normalized spacial score (nSPS) is 19.9. The molecule has 1 aliphatic rings. The number of fused-ring (bicyclic) bond motifs is 1. The molecule has 0 unspecified atom stereocenters. The summed E-state index contributed by atoms with van der Waals surface area (Å²) in [4.78, 5) is 16.3. The molecule has 0 saturated carbocycles. The summed E-state index contributed by atoms with van der Waals surface area (Å²) in [5.74, 6) is 0.210. The van der Waals surface area contributed by atoms with E-state index in [0.717, 1.165) is 41.8 Å². The molecule has 1 aromatic carbocycles. The van der Waals surface area contributed by atoms with Gasteiger partial charge in [-0.3, -0.25) is 4.79 Å². The van der Waals surface area contributed by atoms with Crippen molar-refractivity contribution in [1.82, 2.24) is 10.3 Å². The van der Waals surface area contributed by atoms with Crippen LogP contribution in [0.5, 0.6) is 0 Å². The quantitative estimate of drug-likeness (QED) is 0.871. The number of carbonyl (C=O) groups is 1. The number of rotatable bonds is 2. The zero-order valence-electron chi connectivity index (χ0n) is 9.98. The Morgan fingerprint density at radius 1 is 1.50 bits per heavy atom. The Morgan fingerprint density at radius 3 is 3.28 bits per heavy atom. The molecular weight excluding hydrogens is 246 g/mol. The van der Waals surface area contributed by atoms with Crippen LogP contribution in [0.1, 0.15) is 12.8 Å². The first-order chi connectivity index (χ1) is 8.83. The van der Waals surface area contributed by atoms with Gasteiger partial charge in [0, 0.05) is 12.2 Å². The summed E-state index contributed by atoms with van der Waals surface area (Å²) < 4.78 is 1.11. The summed E-state index contributed by atoms with van der Waals surface area (Å²) >= 11 is 1.59. The lowest BCUT2D eigenvalue weighted by Crippen LogP contribution is -2.37. The van der Waals surface area contributed by atoms with Crippen molar-refractivity contribution in [3.8, 4) is 0 Å². The van der Waals surface area contributed by atoms with Crippen LogP contribution >= 0.6 is 11.3 Å². The molecule has 0 bridgehead atoms. The number of benzene rings is 1. The van der Waals surface area contributed by atoms with E-state index in [1.54, 1.807) is 11.3 Å². The standard InChI is InChI=1S/C13H15N3OS/c17-13(9-2-1-5-14-7-9)16-10-3-4-11-12(6-10)18-8-15-11/h3-4,6,8-9,14H,1-2,5,7H2,(H,16,17)/t9-/m0/s1. The van der Waals surface area contributed by atoms with Crippen molar-refractivity contribution < 1.29 is 4.79 Å². The van der Waals surface area contributed by atoms with E-state index >= 15 is 0 Å². The molecule has 1 amide bonds.